The first-order valence-corrected chi connectivity index (χ1v) is 9.13. The lowest BCUT2D eigenvalue weighted by Crippen LogP contribution is -2.46. The van der Waals surface area contributed by atoms with Gasteiger partial charge in [0.2, 0.25) is 17.7 Å². The molecule has 1 aromatic rings. The molecule has 0 spiro atoms. The van der Waals surface area contributed by atoms with Gasteiger partial charge in [0.05, 0.1) is 11.8 Å². The molecule has 0 radical (unpaired) electrons. The van der Waals surface area contributed by atoms with E-state index in [1.54, 1.807) is 13.0 Å². The molecule has 128 valence electrons. The summed E-state index contributed by atoms with van der Waals surface area (Å²) in [5.41, 5.74) is 1.60. The Hall–Kier alpha value is -1.69. The summed E-state index contributed by atoms with van der Waals surface area (Å²) in [5.74, 6) is -1.15. The number of aryl methyl sites for hydroxylation is 1. The van der Waals surface area contributed by atoms with E-state index in [0.717, 1.165) is 35.7 Å². The van der Waals surface area contributed by atoms with Gasteiger partial charge in [0.25, 0.3) is 0 Å². The standard InChI is InChI=1S/C18H21BrN2O3/c1-10-9-12(19)7-8-15(10)20-16(22)11(2)21-17(23)13-5-3-4-6-14(13)18(21)24/h7-9,11,13-14H,3-6H2,1-2H3,(H,20,22). The molecule has 2 fully saturated rings. The van der Waals surface area contributed by atoms with Gasteiger partial charge in [-0.1, -0.05) is 28.8 Å². The van der Waals surface area contributed by atoms with Crippen molar-refractivity contribution in [3.8, 4) is 0 Å². The van der Waals surface area contributed by atoms with E-state index in [2.05, 4.69) is 21.2 Å². The zero-order valence-corrected chi connectivity index (χ0v) is 15.4. The minimum absolute atomic E-state index is 0.181. The zero-order valence-electron chi connectivity index (χ0n) is 13.8. The van der Waals surface area contributed by atoms with E-state index in [0.29, 0.717) is 5.69 Å². The molecule has 1 aromatic carbocycles. The first kappa shape index (κ1) is 17.1. The highest BCUT2D eigenvalue weighted by molar-refractivity contribution is 9.10. The van der Waals surface area contributed by atoms with Crippen LogP contribution in [0.5, 0.6) is 0 Å². The molecule has 1 saturated carbocycles. The van der Waals surface area contributed by atoms with Gasteiger partial charge in [-0.2, -0.15) is 0 Å². The third-order valence-corrected chi connectivity index (χ3v) is 5.58. The smallest absolute Gasteiger partial charge is 0.247 e. The van der Waals surface area contributed by atoms with Gasteiger partial charge in [-0.3, -0.25) is 19.3 Å². The Labute approximate surface area is 149 Å². The average molecular weight is 393 g/mol. The van der Waals surface area contributed by atoms with Crippen LogP contribution in [0.25, 0.3) is 0 Å². The molecule has 3 unspecified atom stereocenters. The molecule has 1 saturated heterocycles. The summed E-state index contributed by atoms with van der Waals surface area (Å²) >= 11 is 3.39. The molecule has 1 heterocycles. The number of likely N-dealkylation sites (tertiary alicyclic amines) is 1. The normalized spacial score (nSPS) is 24.7. The summed E-state index contributed by atoms with van der Waals surface area (Å²) in [6.07, 6.45) is 3.47. The van der Waals surface area contributed by atoms with Crippen LogP contribution in [0.4, 0.5) is 5.69 Å². The number of halogens is 1. The van der Waals surface area contributed by atoms with Gasteiger partial charge < -0.3 is 5.32 Å². The van der Waals surface area contributed by atoms with Crippen LogP contribution < -0.4 is 5.32 Å². The Kier molecular flexibility index (Phi) is 4.76. The highest BCUT2D eigenvalue weighted by Gasteiger charge is 2.50. The third-order valence-electron chi connectivity index (χ3n) is 5.09. The number of anilines is 1. The Morgan fingerprint density at radius 2 is 1.79 bits per heavy atom. The van der Waals surface area contributed by atoms with Crippen molar-refractivity contribution >= 4 is 39.3 Å². The minimum atomic E-state index is -0.793. The fraction of sp³-hybridized carbons (Fsp3) is 0.500. The minimum Gasteiger partial charge on any atom is -0.324 e. The summed E-state index contributed by atoms with van der Waals surface area (Å²) in [6, 6.07) is 4.76. The van der Waals surface area contributed by atoms with Crippen LogP contribution >= 0.6 is 15.9 Å². The highest BCUT2D eigenvalue weighted by Crippen LogP contribution is 2.39. The summed E-state index contributed by atoms with van der Waals surface area (Å²) in [5, 5.41) is 2.83. The Morgan fingerprint density at radius 1 is 1.21 bits per heavy atom. The number of benzene rings is 1. The van der Waals surface area contributed by atoms with Crippen LogP contribution in [0.3, 0.4) is 0 Å². The molecular weight excluding hydrogens is 372 g/mol. The van der Waals surface area contributed by atoms with Crippen molar-refractivity contribution in [1.29, 1.82) is 0 Å². The van der Waals surface area contributed by atoms with E-state index in [9.17, 15) is 14.4 Å². The lowest BCUT2D eigenvalue weighted by atomic mass is 9.81. The van der Waals surface area contributed by atoms with E-state index in [-0.39, 0.29) is 29.6 Å². The SMILES string of the molecule is Cc1cc(Br)ccc1NC(=O)C(C)N1C(=O)C2CCCCC2C1=O. The van der Waals surface area contributed by atoms with Crippen molar-refractivity contribution in [3.05, 3.63) is 28.2 Å². The Bertz CT molecular complexity index is 680. The van der Waals surface area contributed by atoms with Crippen LogP contribution in [0.15, 0.2) is 22.7 Å². The van der Waals surface area contributed by atoms with Crippen LogP contribution in [0.2, 0.25) is 0 Å². The number of hydrogen-bond acceptors (Lipinski definition) is 3. The molecule has 0 bridgehead atoms. The van der Waals surface area contributed by atoms with E-state index in [1.165, 1.54) is 4.90 Å². The van der Waals surface area contributed by atoms with E-state index in [1.807, 2.05) is 19.1 Å². The zero-order chi connectivity index (χ0) is 17.4. The van der Waals surface area contributed by atoms with Crippen LogP contribution in [0, 0.1) is 18.8 Å². The molecular formula is C18H21BrN2O3. The van der Waals surface area contributed by atoms with Gasteiger partial charge >= 0.3 is 0 Å². The van der Waals surface area contributed by atoms with E-state index >= 15 is 0 Å². The molecule has 2 aliphatic rings. The summed E-state index contributed by atoms with van der Waals surface area (Å²) in [7, 11) is 0. The lowest BCUT2D eigenvalue weighted by Gasteiger charge is -2.22. The predicted octanol–water partition coefficient (Wildman–Crippen LogP) is 3.26. The molecule has 1 aliphatic heterocycles. The molecule has 0 aromatic heterocycles. The molecule has 3 atom stereocenters. The largest absolute Gasteiger partial charge is 0.324 e. The molecule has 1 aliphatic carbocycles. The Morgan fingerprint density at radius 3 is 2.33 bits per heavy atom. The van der Waals surface area contributed by atoms with Crippen molar-refractivity contribution in [1.82, 2.24) is 4.90 Å². The number of nitrogens with one attached hydrogen (secondary N) is 1. The van der Waals surface area contributed by atoms with Gasteiger partial charge in [-0.25, -0.2) is 0 Å². The van der Waals surface area contributed by atoms with Crippen molar-refractivity contribution in [2.45, 2.75) is 45.6 Å². The number of carbonyl (C=O) groups excluding carboxylic acids is 3. The topological polar surface area (TPSA) is 66.5 Å². The number of rotatable bonds is 3. The highest BCUT2D eigenvalue weighted by atomic mass is 79.9. The quantitative estimate of drug-likeness (QED) is 0.802. The van der Waals surface area contributed by atoms with Crippen molar-refractivity contribution in [2.24, 2.45) is 11.8 Å². The molecule has 3 rings (SSSR count). The monoisotopic (exact) mass is 392 g/mol. The maximum atomic E-state index is 12.6. The van der Waals surface area contributed by atoms with Crippen molar-refractivity contribution < 1.29 is 14.4 Å². The van der Waals surface area contributed by atoms with E-state index in [4.69, 9.17) is 0 Å². The van der Waals surface area contributed by atoms with Crippen molar-refractivity contribution in [2.75, 3.05) is 5.32 Å². The number of hydrogen-bond donors (Lipinski definition) is 1. The van der Waals surface area contributed by atoms with Gasteiger partial charge in [0, 0.05) is 10.2 Å². The first-order valence-electron chi connectivity index (χ1n) is 8.34. The van der Waals surface area contributed by atoms with Crippen LogP contribution in [-0.2, 0) is 14.4 Å². The average Bonchev–Trinajstić information content (AvgIpc) is 2.81. The van der Waals surface area contributed by atoms with Crippen LogP contribution in [-0.4, -0.2) is 28.7 Å². The lowest BCUT2D eigenvalue weighted by molar-refractivity contribution is -0.146. The second-order valence-electron chi connectivity index (χ2n) is 6.67. The first-order chi connectivity index (χ1) is 11.4. The van der Waals surface area contributed by atoms with E-state index < -0.39 is 6.04 Å². The van der Waals surface area contributed by atoms with Gasteiger partial charge in [-0.05, 0) is 50.5 Å². The fourth-order valence-electron chi connectivity index (χ4n) is 3.69. The Balaban J connectivity index is 1.75. The van der Waals surface area contributed by atoms with Crippen LogP contribution in [0.1, 0.15) is 38.2 Å². The van der Waals surface area contributed by atoms with Crippen molar-refractivity contribution in [3.63, 3.8) is 0 Å². The summed E-state index contributed by atoms with van der Waals surface area (Å²) < 4.78 is 0.931. The maximum Gasteiger partial charge on any atom is 0.247 e. The molecule has 3 amide bonds. The number of imide groups is 1. The van der Waals surface area contributed by atoms with Gasteiger partial charge in [0.15, 0.2) is 0 Å². The third kappa shape index (κ3) is 2.99. The van der Waals surface area contributed by atoms with Gasteiger partial charge in [0.1, 0.15) is 6.04 Å². The molecule has 6 heteroatoms. The molecule has 5 nitrogen and oxygen atoms in total. The fourth-order valence-corrected chi connectivity index (χ4v) is 4.17. The number of nitrogens with zero attached hydrogens (tertiary/aromatic N) is 1. The molecule has 1 N–H and O–H groups in total. The maximum absolute atomic E-state index is 12.6. The summed E-state index contributed by atoms with van der Waals surface area (Å²) in [4.78, 5) is 38.9. The number of fused-ring (bicyclic) bond motifs is 1. The second-order valence-corrected chi connectivity index (χ2v) is 7.58. The number of amides is 3. The number of carbonyl (C=O) groups is 3. The van der Waals surface area contributed by atoms with Gasteiger partial charge in [-0.15, -0.1) is 0 Å². The molecule has 24 heavy (non-hydrogen) atoms. The second kappa shape index (κ2) is 6.67. The summed E-state index contributed by atoms with van der Waals surface area (Å²) in [6.45, 7) is 3.52. The predicted molar refractivity (Wildman–Crippen MR) is 94.3 cm³/mol.